The topological polar surface area (TPSA) is 84.9 Å². The van der Waals surface area contributed by atoms with Crippen molar-refractivity contribution in [2.45, 2.75) is 12.0 Å². The average molecular weight is 403 g/mol. The van der Waals surface area contributed by atoms with Crippen LogP contribution in [0.25, 0.3) is 11.1 Å². The summed E-state index contributed by atoms with van der Waals surface area (Å²) in [7, 11) is 1.53. The quantitative estimate of drug-likeness (QED) is 0.639. The number of fused-ring (bicyclic) bond motifs is 3. The van der Waals surface area contributed by atoms with Crippen molar-refractivity contribution in [2.75, 3.05) is 13.7 Å². The van der Waals surface area contributed by atoms with Gasteiger partial charge in [-0.2, -0.15) is 0 Å². The SMILES string of the molecule is COc1ccc([C@H](NC(=O)OCC2c3ccccc3-c3ccccc32)C(=O)O)cc1. The molecule has 0 saturated heterocycles. The van der Waals surface area contributed by atoms with Crippen molar-refractivity contribution in [1.82, 2.24) is 5.32 Å². The fraction of sp³-hybridized carbons (Fsp3) is 0.167. The Balaban J connectivity index is 1.47. The molecule has 3 aromatic rings. The Bertz CT molecular complexity index is 1030. The number of amides is 1. The molecular weight excluding hydrogens is 382 g/mol. The van der Waals surface area contributed by atoms with Crippen LogP contribution in [0.5, 0.6) is 5.75 Å². The van der Waals surface area contributed by atoms with E-state index in [4.69, 9.17) is 9.47 Å². The number of ether oxygens (including phenoxy) is 2. The first kappa shape index (κ1) is 19.5. The molecule has 3 aromatic carbocycles. The van der Waals surface area contributed by atoms with Gasteiger partial charge in [0.05, 0.1) is 7.11 Å². The van der Waals surface area contributed by atoms with Crippen LogP contribution < -0.4 is 10.1 Å². The highest BCUT2D eigenvalue weighted by atomic mass is 16.5. The summed E-state index contributed by atoms with van der Waals surface area (Å²) in [6.45, 7) is 0.120. The van der Waals surface area contributed by atoms with Crippen molar-refractivity contribution < 1.29 is 24.2 Å². The third-order valence-electron chi connectivity index (χ3n) is 5.30. The van der Waals surface area contributed by atoms with E-state index >= 15 is 0 Å². The highest BCUT2D eigenvalue weighted by Gasteiger charge is 2.30. The second kappa shape index (κ2) is 8.29. The van der Waals surface area contributed by atoms with Crippen molar-refractivity contribution in [3.05, 3.63) is 89.5 Å². The lowest BCUT2D eigenvalue weighted by Gasteiger charge is -2.18. The predicted molar refractivity (Wildman–Crippen MR) is 112 cm³/mol. The summed E-state index contributed by atoms with van der Waals surface area (Å²) >= 11 is 0. The molecule has 152 valence electrons. The maximum absolute atomic E-state index is 12.4. The van der Waals surface area contributed by atoms with Crippen molar-refractivity contribution in [3.63, 3.8) is 0 Å². The molecule has 1 atom stereocenters. The van der Waals surface area contributed by atoms with Gasteiger partial charge in [-0.25, -0.2) is 9.59 Å². The fourth-order valence-electron chi connectivity index (χ4n) is 3.84. The molecule has 6 heteroatoms. The standard InChI is InChI=1S/C24H21NO5/c1-29-16-12-10-15(11-13-16)22(23(26)27)25-24(28)30-14-21-19-8-4-2-6-17(19)18-7-3-5-9-20(18)21/h2-13,21-22H,14H2,1H3,(H,25,28)(H,26,27)/t22-/m0/s1. The van der Waals surface area contributed by atoms with Gasteiger partial charge in [0.25, 0.3) is 0 Å². The summed E-state index contributed by atoms with van der Waals surface area (Å²) in [4.78, 5) is 24.1. The second-order valence-electron chi connectivity index (χ2n) is 7.01. The molecule has 0 radical (unpaired) electrons. The number of carboxylic acid groups (broad SMARTS) is 1. The number of hydrogen-bond donors (Lipinski definition) is 2. The number of carbonyl (C=O) groups excluding carboxylic acids is 1. The summed E-state index contributed by atoms with van der Waals surface area (Å²) in [5.41, 5.74) is 4.87. The molecule has 1 aliphatic rings. The van der Waals surface area contributed by atoms with Crippen LogP contribution in [0.2, 0.25) is 0 Å². The Morgan fingerprint density at radius 3 is 2.03 bits per heavy atom. The van der Waals surface area contributed by atoms with E-state index in [0.29, 0.717) is 11.3 Å². The first-order chi connectivity index (χ1) is 14.6. The predicted octanol–water partition coefficient (Wildman–Crippen LogP) is 4.36. The van der Waals surface area contributed by atoms with Crippen LogP contribution in [0, 0.1) is 0 Å². The minimum Gasteiger partial charge on any atom is -0.497 e. The Morgan fingerprint density at radius 1 is 0.933 bits per heavy atom. The number of carbonyl (C=O) groups is 2. The largest absolute Gasteiger partial charge is 0.497 e. The molecular formula is C24H21NO5. The van der Waals surface area contributed by atoms with Crippen LogP contribution >= 0.6 is 0 Å². The van der Waals surface area contributed by atoms with Gasteiger partial charge in [-0.3, -0.25) is 0 Å². The molecule has 2 N–H and O–H groups in total. The van der Waals surface area contributed by atoms with E-state index in [-0.39, 0.29) is 12.5 Å². The zero-order valence-corrected chi connectivity index (χ0v) is 16.4. The van der Waals surface area contributed by atoms with Crippen LogP contribution in [-0.4, -0.2) is 30.9 Å². The summed E-state index contributed by atoms with van der Waals surface area (Å²) in [6, 6.07) is 21.3. The van der Waals surface area contributed by atoms with E-state index in [1.165, 1.54) is 7.11 Å². The van der Waals surface area contributed by atoms with E-state index in [1.54, 1.807) is 24.3 Å². The van der Waals surface area contributed by atoms with Gasteiger partial charge in [0, 0.05) is 5.92 Å². The lowest BCUT2D eigenvalue weighted by Crippen LogP contribution is -2.34. The monoisotopic (exact) mass is 403 g/mol. The van der Waals surface area contributed by atoms with E-state index in [9.17, 15) is 14.7 Å². The Morgan fingerprint density at radius 2 is 1.50 bits per heavy atom. The molecule has 0 heterocycles. The number of methoxy groups -OCH3 is 1. The molecule has 0 fully saturated rings. The zero-order chi connectivity index (χ0) is 21.1. The number of rotatable bonds is 6. The number of benzene rings is 3. The molecule has 30 heavy (non-hydrogen) atoms. The lowest BCUT2D eigenvalue weighted by molar-refractivity contribution is -0.139. The van der Waals surface area contributed by atoms with Gasteiger partial charge < -0.3 is 19.9 Å². The summed E-state index contributed by atoms with van der Waals surface area (Å²) < 4.78 is 10.5. The van der Waals surface area contributed by atoms with Gasteiger partial charge in [-0.05, 0) is 39.9 Å². The van der Waals surface area contributed by atoms with Gasteiger partial charge in [0.15, 0.2) is 6.04 Å². The van der Waals surface area contributed by atoms with Crippen molar-refractivity contribution in [2.24, 2.45) is 0 Å². The van der Waals surface area contributed by atoms with Crippen LogP contribution in [0.1, 0.15) is 28.7 Å². The molecule has 4 rings (SSSR count). The van der Waals surface area contributed by atoms with E-state index in [0.717, 1.165) is 22.3 Å². The minimum atomic E-state index is -1.22. The number of carboxylic acids is 1. The van der Waals surface area contributed by atoms with Gasteiger partial charge in [0.1, 0.15) is 12.4 Å². The first-order valence-electron chi connectivity index (χ1n) is 9.56. The van der Waals surface area contributed by atoms with Crippen molar-refractivity contribution in [1.29, 1.82) is 0 Å². The average Bonchev–Trinajstić information content (AvgIpc) is 3.10. The third-order valence-corrected chi connectivity index (χ3v) is 5.30. The highest BCUT2D eigenvalue weighted by Crippen LogP contribution is 2.44. The molecule has 0 saturated carbocycles. The third kappa shape index (κ3) is 3.72. The number of hydrogen-bond acceptors (Lipinski definition) is 4. The summed E-state index contributed by atoms with van der Waals surface area (Å²) in [5.74, 6) is -0.662. The maximum Gasteiger partial charge on any atom is 0.408 e. The van der Waals surface area contributed by atoms with Crippen LogP contribution in [0.15, 0.2) is 72.8 Å². The van der Waals surface area contributed by atoms with Crippen LogP contribution in [0.4, 0.5) is 4.79 Å². The van der Waals surface area contributed by atoms with Crippen LogP contribution in [0.3, 0.4) is 0 Å². The van der Waals surface area contributed by atoms with Gasteiger partial charge >= 0.3 is 12.1 Å². The summed E-state index contributed by atoms with van der Waals surface area (Å²) in [5, 5.41) is 12.0. The molecule has 0 spiro atoms. The highest BCUT2D eigenvalue weighted by molar-refractivity contribution is 5.82. The van der Waals surface area contributed by atoms with Crippen molar-refractivity contribution in [3.8, 4) is 16.9 Å². The molecule has 0 unspecified atom stereocenters. The van der Waals surface area contributed by atoms with E-state index in [1.807, 2.05) is 36.4 Å². The molecule has 6 nitrogen and oxygen atoms in total. The van der Waals surface area contributed by atoms with Gasteiger partial charge in [-0.1, -0.05) is 60.7 Å². The fourth-order valence-corrected chi connectivity index (χ4v) is 3.84. The molecule has 0 bridgehead atoms. The molecule has 1 aliphatic carbocycles. The molecule has 1 amide bonds. The zero-order valence-electron chi connectivity index (χ0n) is 16.4. The maximum atomic E-state index is 12.4. The normalized spacial score (nSPS) is 13.1. The Labute approximate surface area is 174 Å². The molecule has 0 aliphatic heterocycles. The Kier molecular flexibility index (Phi) is 5.39. The van der Waals surface area contributed by atoms with Gasteiger partial charge in [-0.15, -0.1) is 0 Å². The van der Waals surface area contributed by atoms with Crippen LogP contribution in [-0.2, 0) is 9.53 Å². The van der Waals surface area contributed by atoms with E-state index in [2.05, 4.69) is 17.4 Å². The second-order valence-corrected chi connectivity index (χ2v) is 7.01. The Hall–Kier alpha value is -3.80. The summed E-state index contributed by atoms with van der Waals surface area (Å²) in [6.07, 6.45) is -0.778. The van der Waals surface area contributed by atoms with Gasteiger partial charge in [0.2, 0.25) is 0 Å². The van der Waals surface area contributed by atoms with Crippen molar-refractivity contribution >= 4 is 12.1 Å². The van der Waals surface area contributed by atoms with E-state index < -0.39 is 18.1 Å². The molecule has 0 aromatic heterocycles. The first-order valence-corrected chi connectivity index (χ1v) is 9.56. The lowest BCUT2D eigenvalue weighted by atomic mass is 9.98. The minimum absolute atomic E-state index is 0.0904. The number of aliphatic carboxylic acids is 1. The number of nitrogens with one attached hydrogen (secondary N) is 1. The smallest absolute Gasteiger partial charge is 0.408 e. The number of alkyl carbamates (subject to hydrolysis) is 1.